The molecule has 0 aromatic heterocycles. The maximum Gasteiger partial charge on any atom is 0.0384 e. The molecule has 0 fully saturated rings. The van der Waals surface area contributed by atoms with Gasteiger partial charge in [0.05, 0.1) is 0 Å². The summed E-state index contributed by atoms with van der Waals surface area (Å²) < 4.78 is 0. The highest BCUT2D eigenvalue weighted by molar-refractivity contribution is 6.25. The highest BCUT2D eigenvalue weighted by Gasteiger charge is 2.13. The van der Waals surface area contributed by atoms with E-state index in [1.54, 1.807) is 0 Å². The summed E-state index contributed by atoms with van der Waals surface area (Å²) in [7, 11) is 0. The van der Waals surface area contributed by atoms with Crippen LogP contribution in [0.15, 0.2) is 140 Å². The third-order valence-electron chi connectivity index (χ3n) is 8.22. The molecule has 0 spiro atoms. The third-order valence-corrected chi connectivity index (χ3v) is 8.22. The molecule has 7 aromatic carbocycles. The Morgan fingerprint density at radius 3 is 1.20 bits per heavy atom. The lowest BCUT2D eigenvalue weighted by atomic mass is 9.86. The van der Waals surface area contributed by atoms with E-state index < -0.39 is 0 Å². The topological polar surface area (TPSA) is 12.0 Å². The fourth-order valence-corrected chi connectivity index (χ4v) is 5.91. The number of nitrogens with one attached hydrogen (secondary N) is 1. The Kier molecular flexibility index (Phi) is 6.09. The van der Waals surface area contributed by atoms with Crippen LogP contribution in [0.1, 0.15) is 26.3 Å². The molecule has 0 unspecified atom stereocenters. The van der Waals surface area contributed by atoms with Crippen LogP contribution in [0.25, 0.3) is 54.6 Å². The summed E-state index contributed by atoms with van der Waals surface area (Å²) in [5.74, 6) is 0. The molecule has 0 bridgehead atoms. The van der Waals surface area contributed by atoms with Gasteiger partial charge in [0.1, 0.15) is 0 Å². The summed E-state index contributed by atoms with van der Waals surface area (Å²) in [6, 6.07) is 50.7. The van der Waals surface area contributed by atoms with Crippen molar-refractivity contribution in [3.8, 4) is 22.3 Å². The van der Waals surface area contributed by atoms with Crippen LogP contribution in [0, 0.1) is 0 Å². The lowest BCUT2D eigenvalue weighted by Crippen LogP contribution is -2.10. The Morgan fingerprint density at radius 1 is 0.366 bits per heavy atom. The highest BCUT2D eigenvalue weighted by Crippen LogP contribution is 2.37. The summed E-state index contributed by atoms with van der Waals surface area (Å²) in [6.07, 6.45) is 0. The van der Waals surface area contributed by atoms with Gasteiger partial charge in [-0.25, -0.2) is 0 Å². The summed E-state index contributed by atoms with van der Waals surface area (Å²) in [4.78, 5) is 0. The molecule has 0 radical (unpaired) electrons. The standard InChI is InChI=1S/C40H33N/c1-40(2,3)31-19-12-27(13-20-31)28-14-21-32(22-15-28)41-33-23-16-29(17-24-33)30-18-25-38-36-10-5-4-8-34(36)35-9-6-7-11-37(35)39(38)26-30/h4-26,41H,1-3H3. The van der Waals surface area contributed by atoms with Crippen LogP contribution in [0.4, 0.5) is 11.4 Å². The van der Waals surface area contributed by atoms with E-state index in [1.165, 1.54) is 60.1 Å². The first-order chi connectivity index (χ1) is 19.9. The normalized spacial score (nSPS) is 11.8. The summed E-state index contributed by atoms with van der Waals surface area (Å²) in [6.45, 7) is 6.75. The highest BCUT2D eigenvalue weighted by atomic mass is 14.9. The predicted molar refractivity (Wildman–Crippen MR) is 178 cm³/mol. The zero-order valence-electron chi connectivity index (χ0n) is 23.8. The molecule has 1 heteroatoms. The minimum Gasteiger partial charge on any atom is -0.356 e. The second-order valence-electron chi connectivity index (χ2n) is 12.0. The zero-order chi connectivity index (χ0) is 28.0. The molecule has 0 saturated heterocycles. The van der Waals surface area contributed by atoms with E-state index >= 15 is 0 Å². The van der Waals surface area contributed by atoms with Gasteiger partial charge >= 0.3 is 0 Å². The van der Waals surface area contributed by atoms with Crippen molar-refractivity contribution in [2.75, 3.05) is 5.32 Å². The fourth-order valence-electron chi connectivity index (χ4n) is 5.91. The average Bonchev–Trinajstić information content (AvgIpc) is 3.01. The molecule has 7 rings (SSSR count). The van der Waals surface area contributed by atoms with Crippen LogP contribution in [0.2, 0.25) is 0 Å². The van der Waals surface area contributed by atoms with Crippen molar-refractivity contribution in [2.24, 2.45) is 0 Å². The number of fused-ring (bicyclic) bond motifs is 6. The van der Waals surface area contributed by atoms with Crippen molar-refractivity contribution in [2.45, 2.75) is 26.2 Å². The maximum atomic E-state index is 3.56. The van der Waals surface area contributed by atoms with Crippen molar-refractivity contribution in [3.63, 3.8) is 0 Å². The quantitative estimate of drug-likeness (QED) is 0.224. The molecule has 1 nitrogen and oxygen atoms in total. The monoisotopic (exact) mass is 527 g/mol. The van der Waals surface area contributed by atoms with E-state index in [-0.39, 0.29) is 5.41 Å². The zero-order valence-corrected chi connectivity index (χ0v) is 23.8. The molecule has 0 atom stereocenters. The van der Waals surface area contributed by atoms with E-state index in [0.717, 1.165) is 11.4 Å². The minimum atomic E-state index is 0.166. The van der Waals surface area contributed by atoms with Gasteiger partial charge in [-0.05, 0) is 95.9 Å². The third kappa shape index (κ3) is 4.74. The largest absolute Gasteiger partial charge is 0.356 e. The number of hydrogen-bond donors (Lipinski definition) is 1. The second kappa shape index (κ2) is 9.94. The van der Waals surface area contributed by atoms with Crippen LogP contribution in [-0.4, -0.2) is 0 Å². The predicted octanol–water partition coefficient (Wildman–Crippen LogP) is 11.5. The van der Waals surface area contributed by atoms with Gasteiger partial charge in [-0.3, -0.25) is 0 Å². The van der Waals surface area contributed by atoms with Crippen LogP contribution in [-0.2, 0) is 5.41 Å². The Hall–Kier alpha value is -4.88. The van der Waals surface area contributed by atoms with Crippen LogP contribution in [0.3, 0.4) is 0 Å². The van der Waals surface area contributed by atoms with Crippen molar-refractivity contribution in [3.05, 3.63) is 145 Å². The summed E-state index contributed by atoms with van der Waals surface area (Å²) in [5, 5.41) is 11.4. The first-order valence-electron chi connectivity index (χ1n) is 14.4. The Balaban J connectivity index is 1.14. The van der Waals surface area contributed by atoms with Crippen molar-refractivity contribution in [1.29, 1.82) is 0 Å². The Labute approximate surface area is 242 Å². The van der Waals surface area contributed by atoms with Crippen molar-refractivity contribution >= 4 is 43.7 Å². The lowest BCUT2D eigenvalue weighted by molar-refractivity contribution is 0.590. The maximum absolute atomic E-state index is 3.56. The Morgan fingerprint density at radius 2 is 0.732 bits per heavy atom. The molecule has 0 aliphatic rings. The molecule has 0 heterocycles. The molecular weight excluding hydrogens is 494 g/mol. The Bertz CT molecular complexity index is 1970. The SMILES string of the molecule is CC(C)(C)c1ccc(-c2ccc(Nc3ccc(-c4ccc5c6ccccc6c6ccccc6c5c4)cc3)cc2)cc1. The van der Waals surface area contributed by atoms with Gasteiger partial charge in [0.2, 0.25) is 0 Å². The molecular formula is C40H33N. The molecule has 0 amide bonds. The van der Waals surface area contributed by atoms with E-state index in [0.29, 0.717) is 0 Å². The van der Waals surface area contributed by atoms with Crippen LogP contribution >= 0.6 is 0 Å². The van der Waals surface area contributed by atoms with Gasteiger partial charge in [0, 0.05) is 11.4 Å². The van der Waals surface area contributed by atoms with Gasteiger partial charge in [-0.2, -0.15) is 0 Å². The molecule has 0 aliphatic carbocycles. The summed E-state index contributed by atoms with van der Waals surface area (Å²) >= 11 is 0. The number of benzene rings is 7. The lowest BCUT2D eigenvalue weighted by Gasteiger charge is -2.19. The molecule has 0 aliphatic heterocycles. The molecule has 41 heavy (non-hydrogen) atoms. The van der Waals surface area contributed by atoms with Gasteiger partial charge < -0.3 is 5.32 Å². The first kappa shape index (κ1) is 25.1. The summed E-state index contributed by atoms with van der Waals surface area (Å²) in [5.41, 5.74) is 8.58. The van der Waals surface area contributed by atoms with Crippen molar-refractivity contribution < 1.29 is 0 Å². The smallest absolute Gasteiger partial charge is 0.0384 e. The van der Waals surface area contributed by atoms with Crippen molar-refractivity contribution in [1.82, 2.24) is 0 Å². The van der Waals surface area contributed by atoms with E-state index in [1.807, 2.05) is 0 Å². The van der Waals surface area contributed by atoms with Crippen LogP contribution in [0.5, 0.6) is 0 Å². The molecule has 198 valence electrons. The van der Waals surface area contributed by atoms with Gasteiger partial charge in [-0.15, -0.1) is 0 Å². The van der Waals surface area contributed by atoms with Gasteiger partial charge in [-0.1, -0.05) is 130 Å². The van der Waals surface area contributed by atoms with E-state index in [4.69, 9.17) is 0 Å². The molecule has 1 N–H and O–H groups in total. The minimum absolute atomic E-state index is 0.166. The molecule has 0 saturated carbocycles. The van der Waals surface area contributed by atoms with Crippen LogP contribution < -0.4 is 5.32 Å². The number of hydrogen-bond acceptors (Lipinski definition) is 1. The molecule has 7 aromatic rings. The second-order valence-corrected chi connectivity index (χ2v) is 12.0. The number of rotatable bonds is 4. The van der Waals surface area contributed by atoms with E-state index in [9.17, 15) is 0 Å². The average molecular weight is 528 g/mol. The van der Waals surface area contributed by atoms with E-state index in [2.05, 4.69) is 166 Å². The first-order valence-corrected chi connectivity index (χ1v) is 14.4. The van der Waals surface area contributed by atoms with Gasteiger partial charge in [0.15, 0.2) is 0 Å². The number of anilines is 2. The fraction of sp³-hybridized carbons (Fsp3) is 0.100. The van der Waals surface area contributed by atoms with Gasteiger partial charge in [0.25, 0.3) is 0 Å².